The van der Waals surface area contributed by atoms with Crippen LogP contribution >= 0.6 is 0 Å². The van der Waals surface area contributed by atoms with Gasteiger partial charge in [0.05, 0.1) is 30.4 Å². The van der Waals surface area contributed by atoms with E-state index in [1.165, 1.54) is 0 Å². The number of fused-ring (bicyclic) bond motifs is 1. The Morgan fingerprint density at radius 1 is 1.33 bits per heavy atom. The highest BCUT2D eigenvalue weighted by Crippen LogP contribution is 2.43. The number of rotatable bonds is 4. The maximum absolute atomic E-state index is 12.9. The van der Waals surface area contributed by atoms with Gasteiger partial charge in [-0.3, -0.25) is 14.4 Å². The van der Waals surface area contributed by atoms with Gasteiger partial charge in [-0.2, -0.15) is 0 Å². The zero-order valence-electron chi connectivity index (χ0n) is 18.5. The van der Waals surface area contributed by atoms with E-state index in [0.29, 0.717) is 45.3 Å². The third-order valence-corrected chi connectivity index (χ3v) is 6.51. The van der Waals surface area contributed by atoms with E-state index in [9.17, 15) is 9.59 Å². The molecule has 174 valence electrons. The molecule has 0 radical (unpaired) electrons. The van der Waals surface area contributed by atoms with Gasteiger partial charge in [-0.05, 0) is 31.4 Å². The summed E-state index contributed by atoms with van der Waals surface area (Å²) in [6, 6.07) is 3.98. The number of cyclic esters (lactones) is 1. The van der Waals surface area contributed by atoms with Gasteiger partial charge in [-0.1, -0.05) is 6.07 Å². The third kappa shape index (κ3) is 4.59. The van der Waals surface area contributed by atoms with E-state index in [2.05, 4.69) is 9.97 Å². The number of carbonyl (C=O) groups is 3. The quantitative estimate of drug-likeness (QED) is 0.472. The fraction of sp³-hybridized carbons (Fsp3) is 0.435. The van der Waals surface area contributed by atoms with Crippen molar-refractivity contribution < 1.29 is 24.2 Å². The van der Waals surface area contributed by atoms with Crippen LogP contribution in [0.3, 0.4) is 0 Å². The highest BCUT2D eigenvalue weighted by atomic mass is 16.6. The molecule has 0 aromatic carbocycles. The predicted molar refractivity (Wildman–Crippen MR) is 117 cm³/mol. The molecule has 2 aliphatic rings. The second-order valence-electron chi connectivity index (χ2n) is 8.57. The van der Waals surface area contributed by atoms with Crippen molar-refractivity contribution in [2.45, 2.75) is 45.3 Å². The molecule has 10 heteroatoms. The minimum Gasteiger partial charge on any atom is -0.483 e. The highest BCUT2D eigenvalue weighted by Gasteiger charge is 2.50. The van der Waals surface area contributed by atoms with Crippen LogP contribution in [0.4, 0.5) is 0 Å². The first kappa shape index (κ1) is 22.5. The van der Waals surface area contributed by atoms with Crippen molar-refractivity contribution in [3.8, 4) is 0 Å². The van der Waals surface area contributed by atoms with Crippen LogP contribution in [0.2, 0.25) is 0 Å². The minimum atomic E-state index is -0.456. The van der Waals surface area contributed by atoms with Crippen molar-refractivity contribution in [1.82, 2.24) is 23.8 Å². The first-order chi connectivity index (χ1) is 16.0. The van der Waals surface area contributed by atoms with Crippen LogP contribution in [0.5, 0.6) is 0 Å². The van der Waals surface area contributed by atoms with Crippen LogP contribution in [0.25, 0.3) is 5.65 Å². The van der Waals surface area contributed by atoms with E-state index in [0.717, 1.165) is 16.9 Å². The molecule has 1 N–H and O–H groups in total. The van der Waals surface area contributed by atoms with E-state index in [-0.39, 0.29) is 24.5 Å². The van der Waals surface area contributed by atoms with Crippen molar-refractivity contribution in [2.75, 3.05) is 13.1 Å². The largest absolute Gasteiger partial charge is 0.483 e. The molecule has 10 nitrogen and oxygen atoms in total. The van der Waals surface area contributed by atoms with Crippen molar-refractivity contribution in [3.63, 3.8) is 0 Å². The monoisotopic (exact) mass is 453 g/mol. The Bertz CT molecular complexity index is 1130. The number of amides is 1. The van der Waals surface area contributed by atoms with Crippen molar-refractivity contribution in [3.05, 3.63) is 54.5 Å². The van der Waals surface area contributed by atoms with Gasteiger partial charge in [0.1, 0.15) is 11.8 Å². The molecule has 33 heavy (non-hydrogen) atoms. The van der Waals surface area contributed by atoms with Crippen molar-refractivity contribution in [2.24, 2.45) is 5.41 Å². The van der Waals surface area contributed by atoms with Crippen molar-refractivity contribution in [1.29, 1.82) is 0 Å². The maximum atomic E-state index is 12.9. The van der Waals surface area contributed by atoms with Crippen LogP contribution in [0.1, 0.15) is 30.5 Å². The number of hydrogen-bond donors (Lipinski definition) is 1. The molecule has 5 rings (SSSR count). The number of piperidine rings is 1. The Kier molecular flexibility index (Phi) is 6.43. The zero-order valence-corrected chi connectivity index (χ0v) is 18.5. The van der Waals surface area contributed by atoms with Gasteiger partial charge in [0, 0.05) is 44.3 Å². The van der Waals surface area contributed by atoms with E-state index in [1.807, 2.05) is 45.3 Å². The summed E-state index contributed by atoms with van der Waals surface area (Å²) in [5, 5.41) is 6.89. The number of nitrogens with zero attached hydrogens (tertiary/aromatic N) is 5. The maximum Gasteiger partial charge on any atom is 0.312 e. The second kappa shape index (κ2) is 9.43. The van der Waals surface area contributed by atoms with E-state index in [1.54, 1.807) is 18.7 Å². The smallest absolute Gasteiger partial charge is 0.312 e. The standard InChI is InChI=1S/C22H25N5O3.CH2O2/c1-16-3-2-7-27-17(13-24-20(16)27)11-19(28)26-8-4-22(5-9-26)12-18(30-21(22)29)14-25-10-6-23-15-25;2-1-3/h2-3,6-7,10,13,15,18H,4-5,8-9,11-12,14H2,1H3;1H,(H,2,3). The lowest BCUT2D eigenvalue weighted by Gasteiger charge is -2.36. The summed E-state index contributed by atoms with van der Waals surface area (Å²) in [6.07, 6.45) is 11.3. The Hall–Kier alpha value is -3.69. The number of pyridine rings is 1. The number of carbonyl (C=O) groups excluding carboxylic acids is 2. The summed E-state index contributed by atoms with van der Waals surface area (Å²) in [4.78, 5) is 44.3. The summed E-state index contributed by atoms with van der Waals surface area (Å²) in [6.45, 7) is 3.56. The van der Waals surface area contributed by atoms with Crippen LogP contribution < -0.4 is 0 Å². The molecule has 2 saturated heterocycles. The molecule has 2 aliphatic heterocycles. The molecule has 0 bridgehead atoms. The SMILES string of the molecule is Cc1cccn2c(CC(=O)N3CCC4(CC3)CC(Cn3ccnc3)OC4=O)cnc12.O=CO. The fourth-order valence-corrected chi connectivity index (χ4v) is 4.76. The average Bonchev–Trinajstić information content (AvgIpc) is 3.51. The molecule has 0 aliphatic carbocycles. The molecular formula is C23H27N5O5. The second-order valence-corrected chi connectivity index (χ2v) is 8.57. The average molecular weight is 453 g/mol. The molecule has 1 amide bonds. The molecular weight excluding hydrogens is 426 g/mol. The van der Waals surface area contributed by atoms with Gasteiger partial charge in [0.2, 0.25) is 5.91 Å². The highest BCUT2D eigenvalue weighted by molar-refractivity contribution is 5.81. The Morgan fingerprint density at radius 2 is 2.09 bits per heavy atom. The number of likely N-dealkylation sites (tertiary alicyclic amines) is 1. The molecule has 5 heterocycles. The summed E-state index contributed by atoms with van der Waals surface area (Å²) in [5.41, 5.74) is 2.40. The lowest BCUT2D eigenvalue weighted by molar-refractivity contribution is -0.152. The number of esters is 1. The van der Waals surface area contributed by atoms with Crippen LogP contribution in [-0.4, -0.2) is 66.5 Å². The van der Waals surface area contributed by atoms with E-state index >= 15 is 0 Å². The Morgan fingerprint density at radius 3 is 2.79 bits per heavy atom. The zero-order chi connectivity index (χ0) is 23.4. The summed E-state index contributed by atoms with van der Waals surface area (Å²) < 4.78 is 9.58. The topological polar surface area (TPSA) is 119 Å². The summed E-state index contributed by atoms with van der Waals surface area (Å²) in [7, 11) is 0. The number of aryl methyl sites for hydroxylation is 1. The van der Waals surface area contributed by atoms with Gasteiger partial charge in [-0.25, -0.2) is 9.97 Å². The van der Waals surface area contributed by atoms with Gasteiger partial charge < -0.3 is 23.7 Å². The number of carboxylic acid groups (broad SMARTS) is 1. The summed E-state index contributed by atoms with van der Waals surface area (Å²) in [5.74, 6) is -0.0357. The Balaban J connectivity index is 0.000000821. The van der Waals surface area contributed by atoms with E-state index < -0.39 is 5.41 Å². The first-order valence-corrected chi connectivity index (χ1v) is 10.9. The van der Waals surface area contributed by atoms with Gasteiger partial charge in [0.15, 0.2) is 0 Å². The van der Waals surface area contributed by atoms with Gasteiger partial charge >= 0.3 is 5.97 Å². The molecule has 2 fully saturated rings. The molecule has 1 atom stereocenters. The van der Waals surface area contributed by atoms with Gasteiger partial charge in [-0.15, -0.1) is 0 Å². The predicted octanol–water partition coefficient (Wildman–Crippen LogP) is 1.71. The number of imidazole rings is 2. The third-order valence-electron chi connectivity index (χ3n) is 6.51. The van der Waals surface area contributed by atoms with Crippen LogP contribution in [-0.2, 0) is 32.1 Å². The number of hydrogen-bond acceptors (Lipinski definition) is 6. The first-order valence-electron chi connectivity index (χ1n) is 10.9. The van der Waals surface area contributed by atoms with Crippen LogP contribution in [0.15, 0.2) is 43.2 Å². The fourth-order valence-electron chi connectivity index (χ4n) is 4.76. The lowest BCUT2D eigenvalue weighted by Crippen LogP contribution is -2.45. The molecule has 1 spiro atoms. The van der Waals surface area contributed by atoms with E-state index in [4.69, 9.17) is 14.6 Å². The summed E-state index contributed by atoms with van der Waals surface area (Å²) >= 11 is 0. The van der Waals surface area contributed by atoms with Crippen molar-refractivity contribution >= 4 is 24.0 Å². The molecule has 3 aromatic rings. The molecule has 1 unspecified atom stereocenters. The van der Waals surface area contributed by atoms with Crippen LogP contribution in [0, 0.1) is 12.3 Å². The molecule has 0 saturated carbocycles. The lowest BCUT2D eigenvalue weighted by atomic mass is 9.76. The Labute approximate surface area is 190 Å². The number of ether oxygens (including phenoxy) is 1. The van der Waals surface area contributed by atoms with Gasteiger partial charge in [0.25, 0.3) is 6.47 Å². The molecule has 3 aromatic heterocycles. The normalized spacial score (nSPS) is 19.2. The number of aromatic nitrogens is 4. The minimum absolute atomic E-state index is 0.0782.